The molecule has 0 N–H and O–H groups in total. The van der Waals surface area contributed by atoms with Crippen molar-refractivity contribution in [3.63, 3.8) is 0 Å². The number of halogens is 3. The first-order valence-corrected chi connectivity index (χ1v) is 5.33. The molecule has 2 unspecified atom stereocenters. The van der Waals surface area contributed by atoms with Gasteiger partial charge < -0.3 is 9.47 Å². The molecule has 3 nitrogen and oxygen atoms in total. The first-order chi connectivity index (χ1) is 8.01. The number of nitrogens with zero attached hydrogens (tertiary/aromatic N) is 1. The average molecular weight is 245 g/mol. The Morgan fingerprint density at radius 3 is 2.94 bits per heavy atom. The quantitative estimate of drug-likeness (QED) is 0.701. The molecule has 2 atom stereocenters. The van der Waals surface area contributed by atoms with Crippen LogP contribution in [0.1, 0.15) is 17.5 Å². The molecule has 0 radical (unpaired) electrons. The number of hydrogen-bond donors (Lipinski definition) is 0. The molecule has 1 aromatic rings. The van der Waals surface area contributed by atoms with Crippen LogP contribution in [0.5, 0.6) is 0 Å². The van der Waals surface area contributed by atoms with Crippen LogP contribution in [0.25, 0.3) is 0 Å². The lowest BCUT2D eigenvalue weighted by molar-refractivity contribution is -0.246. The number of pyridine rings is 1. The highest BCUT2D eigenvalue weighted by atomic mass is 19.4. The van der Waals surface area contributed by atoms with Gasteiger partial charge in [-0.1, -0.05) is 0 Å². The Bertz CT molecular complexity index is 449. The number of hydrogen-bond acceptors (Lipinski definition) is 3. The second-order valence-corrected chi connectivity index (χ2v) is 4.24. The van der Waals surface area contributed by atoms with Crippen molar-refractivity contribution in [2.75, 3.05) is 6.61 Å². The number of rotatable bonds is 0. The second kappa shape index (κ2) is 3.43. The smallest absolute Gasteiger partial charge is 0.343 e. The van der Waals surface area contributed by atoms with Crippen molar-refractivity contribution in [3.05, 3.63) is 29.6 Å². The van der Waals surface area contributed by atoms with Gasteiger partial charge in [0, 0.05) is 24.4 Å². The molecule has 92 valence electrons. The molecule has 0 aromatic carbocycles. The third-order valence-corrected chi connectivity index (χ3v) is 3.21. The summed E-state index contributed by atoms with van der Waals surface area (Å²) in [5.41, 5.74) is 1.58. The SMILES string of the molecule is FC(F)(F)C1COC2(CCc3ccncc32)O1. The maximum atomic E-state index is 12.6. The van der Waals surface area contributed by atoms with Gasteiger partial charge in [-0.05, 0) is 18.1 Å². The monoisotopic (exact) mass is 245 g/mol. The molecule has 2 aliphatic rings. The minimum Gasteiger partial charge on any atom is -0.343 e. The van der Waals surface area contributed by atoms with Crippen LogP contribution in [-0.4, -0.2) is 23.9 Å². The Labute approximate surface area is 95.6 Å². The van der Waals surface area contributed by atoms with Crippen LogP contribution in [-0.2, 0) is 21.7 Å². The zero-order valence-electron chi connectivity index (χ0n) is 8.83. The molecule has 1 aliphatic heterocycles. The first-order valence-electron chi connectivity index (χ1n) is 5.33. The lowest BCUT2D eigenvalue weighted by Crippen LogP contribution is -2.33. The van der Waals surface area contributed by atoms with Gasteiger partial charge in [0.1, 0.15) is 0 Å². The Balaban J connectivity index is 1.92. The van der Waals surface area contributed by atoms with E-state index in [1.807, 2.05) is 0 Å². The van der Waals surface area contributed by atoms with E-state index in [2.05, 4.69) is 4.98 Å². The molecule has 1 aliphatic carbocycles. The number of fused-ring (bicyclic) bond motifs is 2. The molecule has 3 rings (SSSR count). The van der Waals surface area contributed by atoms with E-state index in [0.29, 0.717) is 18.4 Å². The maximum Gasteiger partial charge on any atom is 0.417 e. The molecule has 0 saturated carbocycles. The van der Waals surface area contributed by atoms with E-state index in [4.69, 9.17) is 9.47 Å². The van der Waals surface area contributed by atoms with Crippen LogP contribution in [0, 0.1) is 0 Å². The first kappa shape index (κ1) is 11.0. The van der Waals surface area contributed by atoms with E-state index >= 15 is 0 Å². The third-order valence-electron chi connectivity index (χ3n) is 3.21. The highest BCUT2D eigenvalue weighted by Crippen LogP contribution is 2.47. The highest BCUT2D eigenvalue weighted by Gasteiger charge is 2.55. The summed E-state index contributed by atoms with van der Waals surface area (Å²) in [6.07, 6.45) is -2.00. The fourth-order valence-corrected chi connectivity index (χ4v) is 2.36. The van der Waals surface area contributed by atoms with Gasteiger partial charge in [-0.15, -0.1) is 0 Å². The molecule has 6 heteroatoms. The summed E-state index contributed by atoms with van der Waals surface area (Å²) < 4.78 is 48.1. The van der Waals surface area contributed by atoms with Crippen molar-refractivity contribution in [1.82, 2.24) is 4.98 Å². The zero-order valence-corrected chi connectivity index (χ0v) is 8.83. The number of alkyl halides is 3. The molecule has 17 heavy (non-hydrogen) atoms. The average Bonchev–Trinajstić information content (AvgIpc) is 2.86. The van der Waals surface area contributed by atoms with E-state index in [1.165, 1.54) is 6.20 Å². The van der Waals surface area contributed by atoms with Crippen LogP contribution in [0.3, 0.4) is 0 Å². The fourth-order valence-electron chi connectivity index (χ4n) is 2.36. The minimum atomic E-state index is -4.38. The maximum absolute atomic E-state index is 12.6. The van der Waals surface area contributed by atoms with Gasteiger partial charge in [-0.3, -0.25) is 4.98 Å². The summed E-state index contributed by atoms with van der Waals surface area (Å²) in [5, 5.41) is 0. The van der Waals surface area contributed by atoms with Crippen LogP contribution in [0.4, 0.5) is 13.2 Å². The Kier molecular flexibility index (Phi) is 2.21. The molecule has 0 bridgehead atoms. The van der Waals surface area contributed by atoms with Gasteiger partial charge in [0.25, 0.3) is 0 Å². The third kappa shape index (κ3) is 1.63. The van der Waals surface area contributed by atoms with Crippen LogP contribution < -0.4 is 0 Å². The Morgan fingerprint density at radius 1 is 1.41 bits per heavy atom. The molecule has 1 spiro atoms. The van der Waals surface area contributed by atoms with Gasteiger partial charge >= 0.3 is 6.18 Å². The highest BCUT2D eigenvalue weighted by molar-refractivity contribution is 5.33. The number of aromatic nitrogens is 1. The normalized spacial score (nSPS) is 32.1. The minimum absolute atomic E-state index is 0.417. The van der Waals surface area contributed by atoms with Crippen molar-refractivity contribution >= 4 is 0 Å². The van der Waals surface area contributed by atoms with Gasteiger partial charge in [-0.2, -0.15) is 13.2 Å². The fraction of sp³-hybridized carbons (Fsp3) is 0.545. The van der Waals surface area contributed by atoms with Gasteiger partial charge in [-0.25, -0.2) is 0 Å². The summed E-state index contributed by atoms with van der Waals surface area (Å²) in [6, 6.07) is 1.79. The molecular weight excluding hydrogens is 235 g/mol. The van der Waals surface area contributed by atoms with Crippen molar-refractivity contribution < 1.29 is 22.6 Å². The van der Waals surface area contributed by atoms with Gasteiger partial charge in [0.05, 0.1) is 6.61 Å². The topological polar surface area (TPSA) is 31.4 Å². The van der Waals surface area contributed by atoms with E-state index in [1.54, 1.807) is 12.3 Å². The Morgan fingerprint density at radius 2 is 2.24 bits per heavy atom. The summed E-state index contributed by atoms with van der Waals surface area (Å²) in [7, 11) is 0. The van der Waals surface area contributed by atoms with Crippen LogP contribution in [0.2, 0.25) is 0 Å². The summed E-state index contributed by atoms with van der Waals surface area (Å²) in [4.78, 5) is 3.92. The summed E-state index contributed by atoms with van der Waals surface area (Å²) in [5.74, 6) is -1.23. The van der Waals surface area contributed by atoms with Crippen molar-refractivity contribution in [3.8, 4) is 0 Å². The Hall–Kier alpha value is -1.14. The standard InChI is InChI=1S/C11H10F3NO2/c12-11(13,14)9-6-16-10(17-9)3-1-7-2-4-15-5-8(7)10/h2,4-5,9H,1,3,6H2. The number of aryl methyl sites for hydroxylation is 1. The lowest BCUT2D eigenvalue weighted by atomic mass is 10.1. The van der Waals surface area contributed by atoms with E-state index in [9.17, 15) is 13.2 Å². The molecule has 1 fully saturated rings. The molecule has 2 heterocycles. The predicted molar refractivity (Wildman–Crippen MR) is 51.1 cm³/mol. The van der Waals surface area contributed by atoms with Crippen LogP contribution in [0.15, 0.2) is 18.5 Å². The van der Waals surface area contributed by atoms with Crippen LogP contribution >= 0.6 is 0 Å². The van der Waals surface area contributed by atoms with E-state index in [0.717, 1.165) is 5.56 Å². The van der Waals surface area contributed by atoms with Crippen molar-refractivity contribution in [2.24, 2.45) is 0 Å². The summed E-state index contributed by atoms with van der Waals surface area (Å²) >= 11 is 0. The second-order valence-electron chi connectivity index (χ2n) is 4.24. The van der Waals surface area contributed by atoms with Crippen molar-refractivity contribution in [1.29, 1.82) is 0 Å². The summed E-state index contributed by atoms with van der Waals surface area (Å²) in [6.45, 7) is -0.447. The number of ether oxygens (including phenoxy) is 2. The molecule has 1 aromatic heterocycles. The van der Waals surface area contributed by atoms with E-state index < -0.39 is 24.7 Å². The van der Waals surface area contributed by atoms with E-state index in [-0.39, 0.29) is 0 Å². The molecular formula is C11H10F3NO2. The predicted octanol–water partition coefficient (Wildman–Crippen LogP) is 2.16. The van der Waals surface area contributed by atoms with Gasteiger partial charge in [0.2, 0.25) is 0 Å². The molecule has 0 amide bonds. The van der Waals surface area contributed by atoms with Gasteiger partial charge in [0.15, 0.2) is 11.9 Å². The molecule has 1 saturated heterocycles. The zero-order chi connectivity index (χ0) is 12.1. The lowest BCUT2D eigenvalue weighted by Gasteiger charge is -2.24. The van der Waals surface area contributed by atoms with Crippen molar-refractivity contribution in [2.45, 2.75) is 30.9 Å². The largest absolute Gasteiger partial charge is 0.417 e.